The molecule has 0 bridgehead atoms. The smallest absolute Gasteiger partial charge is 0.279 e. The number of hydrazine groups is 1. The van der Waals surface area contributed by atoms with Crippen molar-refractivity contribution >= 4 is 45.8 Å². The van der Waals surface area contributed by atoms with Crippen molar-refractivity contribution in [2.24, 2.45) is 0 Å². The normalized spacial score (nSPS) is 10.8. The maximum Gasteiger partial charge on any atom is 0.279 e. The Bertz CT molecular complexity index is 1070. The lowest BCUT2D eigenvalue weighted by atomic mass is 10.2. The van der Waals surface area contributed by atoms with Gasteiger partial charge < -0.3 is 4.74 Å². The number of para-hydroxylation sites is 1. The molecule has 3 rings (SSSR count). The quantitative estimate of drug-likeness (QED) is 0.227. The van der Waals surface area contributed by atoms with Gasteiger partial charge in [-0.1, -0.05) is 30.0 Å². The van der Waals surface area contributed by atoms with Gasteiger partial charge in [-0.15, -0.1) is 11.3 Å². The number of fused-ring (bicyclic) bond motifs is 1. The first-order chi connectivity index (χ1) is 14.6. The summed E-state index contributed by atoms with van der Waals surface area (Å²) in [4.78, 5) is 42.1. The Labute approximate surface area is 181 Å². The second-order valence-electron chi connectivity index (χ2n) is 6.19. The number of carbonyl (C=O) groups is 2. The molecule has 0 radical (unpaired) electrons. The maximum absolute atomic E-state index is 12.9. The largest absolute Gasteiger partial charge is 0.382 e. The van der Waals surface area contributed by atoms with Gasteiger partial charge in [0.1, 0.15) is 0 Å². The van der Waals surface area contributed by atoms with E-state index in [1.807, 2.05) is 13.0 Å². The topological polar surface area (TPSA) is 102 Å². The third kappa shape index (κ3) is 5.68. The summed E-state index contributed by atoms with van der Waals surface area (Å²) < 4.78 is 6.93. The van der Waals surface area contributed by atoms with E-state index in [0.29, 0.717) is 47.1 Å². The van der Waals surface area contributed by atoms with Crippen LogP contribution in [0.5, 0.6) is 0 Å². The molecule has 0 spiro atoms. The Balaban J connectivity index is 1.68. The van der Waals surface area contributed by atoms with Gasteiger partial charge in [0.25, 0.3) is 11.5 Å². The van der Waals surface area contributed by atoms with E-state index in [9.17, 15) is 14.4 Å². The molecule has 2 heterocycles. The van der Waals surface area contributed by atoms with Gasteiger partial charge >= 0.3 is 0 Å². The summed E-state index contributed by atoms with van der Waals surface area (Å²) in [5, 5.41) is 2.77. The van der Waals surface area contributed by atoms with Crippen molar-refractivity contribution in [1.82, 2.24) is 20.4 Å². The predicted octanol–water partition coefficient (Wildman–Crippen LogP) is 2.44. The second kappa shape index (κ2) is 10.9. The lowest BCUT2D eigenvalue weighted by molar-refractivity contribution is -0.119. The molecule has 10 heteroatoms. The van der Waals surface area contributed by atoms with Gasteiger partial charge in [-0.3, -0.25) is 29.8 Å². The summed E-state index contributed by atoms with van der Waals surface area (Å²) in [5.41, 5.74) is 5.20. The van der Waals surface area contributed by atoms with Crippen LogP contribution < -0.4 is 16.4 Å². The fraction of sp³-hybridized carbons (Fsp3) is 0.300. The van der Waals surface area contributed by atoms with Crippen LogP contribution in [0.25, 0.3) is 10.9 Å². The Kier molecular flexibility index (Phi) is 8.00. The minimum atomic E-state index is -0.395. The van der Waals surface area contributed by atoms with Gasteiger partial charge in [0, 0.05) is 19.8 Å². The van der Waals surface area contributed by atoms with Gasteiger partial charge in [-0.05, 0) is 36.9 Å². The van der Waals surface area contributed by atoms with Gasteiger partial charge in [-0.2, -0.15) is 0 Å². The highest BCUT2D eigenvalue weighted by atomic mass is 32.2. The molecular weight excluding hydrogens is 424 g/mol. The number of rotatable bonds is 9. The van der Waals surface area contributed by atoms with Crippen molar-refractivity contribution in [2.45, 2.75) is 25.0 Å². The average Bonchev–Trinajstić information content (AvgIpc) is 3.30. The number of hydrogen-bond acceptors (Lipinski definition) is 7. The summed E-state index contributed by atoms with van der Waals surface area (Å²) in [5.74, 6) is -0.769. The molecule has 3 aromatic rings. The van der Waals surface area contributed by atoms with E-state index in [4.69, 9.17) is 4.74 Å². The minimum Gasteiger partial charge on any atom is -0.382 e. The van der Waals surface area contributed by atoms with Gasteiger partial charge in [0.2, 0.25) is 5.91 Å². The lowest BCUT2D eigenvalue weighted by Crippen LogP contribution is -2.42. The third-order valence-electron chi connectivity index (χ3n) is 4.09. The van der Waals surface area contributed by atoms with Crippen LogP contribution in [0.3, 0.4) is 0 Å². The predicted molar refractivity (Wildman–Crippen MR) is 118 cm³/mol. The SMILES string of the molecule is CCOCCCn1c(SCC(=O)NNC(=O)c2cccs2)nc2ccccc2c1=O. The van der Waals surface area contributed by atoms with Gasteiger partial charge in [0.15, 0.2) is 5.16 Å². The van der Waals surface area contributed by atoms with Crippen molar-refractivity contribution in [1.29, 1.82) is 0 Å². The maximum atomic E-state index is 12.9. The molecule has 0 aliphatic heterocycles. The van der Waals surface area contributed by atoms with Crippen LogP contribution in [0.1, 0.15) is 23.0 Å². The average molecular weight is 447 g/mol. The van der Waals surface area contributed by atoms with Crippen LogP contribution >= 0.6 is 23.1 Å². The molecule has 2 aromatic heterocycles. The zero-order valence-electron chi connectivity index (χ0n) is 16.4. The number of ether oxygens (including phenoxy) is 1. The molecule has 0 aliphatic carbocycles. The van der Waals surface area contributed by atoms with Crippen LogP contribution in [0.2, 0.25) is 0 Å². The number of hydrogen-bond donors (Lipinski definition) is 2. The molecule has 158 valence electrons. The highest BCUT2D eigenvalue weighted by Crippen LogP contribution is 2.18. The third-order valence-corrected chi connectivity index (χ3v) is 5.94. The highest BCUT2D eigenvalue weighted by molar-refractivity contribution is 7.99. The molecule has 1 aromatic carbocycles. The fourth-order valence-corrected chi connectivity index (χ4v) is 4.13. The Hall–Kier alpha value is -2.69. The molecule has 0 fully saturated rings. The van der Waals surface area contributed by atoms with Crippen molar-refractivity contribution in [3.8, 4) is 0 Å². The first kappa shape index (κ1) is 22.0. The van der Waals surface area contributed by atoms with Crippen molar-refractivity contribution in [3.63, 3.8) is 0 Å². The molecule has 0 saturated heterocycles. The number of thioether (sulfide) groups is 1. The van der Waals surface area contributed by atoms with Crippen LogP contribution in [0.4, 0.5) is 0 Å². The standard InChI is InChI=1S/C20H22N4O4S2/c1-2-28-11-6-10-24-19(27)14-7-3-4-8-15(14)21-20(24)30-13-17(25)22-23-18(26)16-9-5-12-29-16/h3-5,7-9,12H,2,6,10-11,13H2,1H3,(H,22,25)(H,23,26). The van der Waals surface area contributed by atoms with Gasteiger partial charge in [0.05, 0.1) is 21.5 Å². The first-order valence-corrected chi connectivity index (χ1v) is 11.3. The molecular formula is C20H22N4O4S2. The monoisotopic (exact) mass is 446 g/mol. The molecule has 2 N–H and O–H groups in total. The van der Waals surface area contributed by atoms with Gasteiger partial charge in [-0.25, -0.2) is 4.98 Å². The van der Waals surface area contributed by atoms with Crippen LogP contribution in [0.15, 0.2) is 51.7 Å². The zero-order valence-corrected chi connectivity index (χ0v) is 18.1. The Morgan fingerprint density at radius 2 is 2.03 bits per heavy atom. The van der Waals surface area contributed by atoms with E-state index in [0.717, 1.165) is 11.8 Å². The van der Waals surface area contributed by atoms with Crippen LogP contribution in [-0.4, -0.2) is 40.3 Å². The number of nitrogens with zero attached hydrogens (tertiary/aromatic N) is 2. The number of benzene rings is 1. The number of thiophene rings is 1. The lowest BCUT2D eigenvalue weighted by Gasteiger charge is -2.13. The Morgan fingerprint density at radius 1 is 1.20 bits per heavy atom. The summed E-state index contributed by atoms with van der Waals surface area (Å²) >= 11 is 2.43. The summed E-state index contributed by atoms with van der Waals surface area (Å²) in [6.07, 6.45) is 0.657. The summed E-state index contributed by atoms with van der Waals surface area (Å²) in [6, 6.07) is 10.5. The van der Waals surface area contributed by atoms with E-state index in [1.165, 1.54) is 11.3 Å². The summed E-state index contributed by atoms with van der Waals surface area (Å²) in [6.45, 7) is 3.51. The van der Waals surface area contributed by atoms with Crippen molar-refractivity contribution < 1.29 is 14.3 Å². The number of aromatic nitrogens is 2. The van der Waals surface area contributed by atoms with E-state index in [1.54, 1.807) is 40.3 Å². The van der Waals surface area contributed by atoms with E-state index in [2.05, 4.69) is 15.8 Å². The number of carbonyl (C=O) groups excluding carboxylic acids is 2. The number of amides is 2. The van der Waals surface area contributed by atoms with Crippen LogP contribution in [-0.2, 0) is 16.1 Å². The van der Waals surface area contributed by atoms with Crippen LogP contribution in [0, 0.1) is 0 Å². The highest BCUT2D eigenvalue weighted by Gasteiger charge is 2.14. The summed E-state index contributed by atoms with van der Waals surface area (Å²) in [7, 11) is 0. The fourth-order valence-electron chi connectivity index (χ4n) is 2.69. The molecule has 0 atom stereocenters. The van der Waals surface area contributed by atoms with Crippen molar-refractivity contribution in [2.75, 3.05) is 19.0 Å². The molecule has 0 unspecified atom stereocenters. The minimum absolute atomic E-state index is 0.000953. The van der Waals surface area contributed by atoms with E-state index in [-0.39, 0.29) is 17.2 Å². The molecule has 8 nitrogen and oxygen atoms in total. The van der Waals surface area contributed by atoms with Crippen molar-refractivity contribution in [3.05, 3.63) is 57.0 Å². The molecule has 30 heavy (non-hydrogen) atoms. The first-order valence-electron chi connectivity index (χ1n) is 9.43. The number of nitrogens with one attached hydrogen (secondary N) is 2. The molecule has 0 saturated carbocycles. The zero-order chi connectivity index (χ0) is 21.3. The van der Waals surface area contributed by atoms with E-state index < -0.39 is 5.91 Å². The molecule has 2 amide bonds. The molecule has 0 aliphatic rings. The second-order valence-corrected chi connectivity index (χ2v) is 8.08. The Morgan fingerprint density at radius 3 is 2.80 bits per heavy atom. The van der Waals surface area contributed by atoms with E-state index >= 15 is 0 Å².